The molecule has 3 nitrogen and oxygen atoms in total. The van der Waals surface area contributed by atoms with Crippen LogP contribution in [0.2, 0.25) is 0 Å². The molecule has 0 saturated carbocycles. The lowest BCUT2D eigenvalue weighted by molar-refractivity contribution is 1.10. The Morgan fingerprint density at radius 3 is 3.00 bits per heavy atom. The van der Waals surface area contributed by atoms with Crippen molar-refractivity contribution in [2.75, 3.05) is 5.73 Å². The van der Waals surface area contributed by atoms with Gasteiger partial charge in [-0.15, -0.1) is 11.3 Å². The summed E-state index contributed by atoms with van der Waals surface area (Å²) in [6.45, 7) is 2.08. The van der Waals surface area contributed by atoms with Crippen molar-refractivity contribution >= 4 is 33.1 Å². The van der Waals surface area contributed by atoms with Gasteiger partial charge >= 0.3 is 0 Å². The smallest absolute Gasteiger partial charge is 0.149 e. The summed E-state index contributed by atoms with van der Waals surface area (Å²) < 4.78 is 1.08. The maximum absolute atomic E-state index is 5.76. The summed E-state index contributed by atoms with van der Waals surface area (Å²) in [5.41, 5.74) is 7.88. The van der Waals surface area contributed by atoms with Gasteiger partial charge in [-0.3, -0.25) is 5.10 Å². The van der Waals surface area contributed by atoms with Crippen LogP contribution in [-0.4, -0.2) is 10.2 Å². The monoisotopic (exact) mass is 271 g/mol. The third kappa shape index (κ3) is 1.46. The number of thiophene rings is 1. The number of H-pyrrole nitrogens is 1. The van der Waals surface area contributed by atoms with Gasteiger partial charge in [-0.05, 0) is 33.8 Å². The average molecular weight is 272 g/mol. The minimum absolute atomic E-state index is 0.600. The fourth-order valence-electron chi connectivity index (χ4n) is 1.40. The summed E-state index contributed by atoms with van der Waals surface area (Å²) >= 11 is 5.17. The Kier molecular flexibility index (Phi) is 2.60. The molecule has 0 aliphatic rings. The summed E-state index contributed by atoms with van der Waals surface area (Å²) in [6.07, 6.45) is 0.891. The average Bonchev–Trinajstić information content (AvgIpc) is 2.71. The number of nitrogens with one attached hydrogen (secondary N) is 1. The predicted octanol–water partition coefficient (Wildman–Crippen LogP) is 3.05. The molecule has 5 heteroatoms. The molecule has 0 aliphatic carbocycles. The van der Waals surface area contributed by atoms with E-state index in [4.69, 9.17) is 5.73 Å². The lowest BCUT2D eigenvalue weighted by atomic mass is 10.1. The standard InChI is InChI=1S/C9H10BrN3S/c1-2-5-7(12-13-9(5)11)8-6(10)3-4-14-8/h3-4H,2H2,1H3,(H3,11,12,13). The van der Waals surface area contributed by atoms with Gasteiger partial charge in [-0.2, -0.15) is 5.10 Å². The van der Waals surface area contributed by atoms with E-state index in [1.165, 1.54) is 0 Å². The highest BCUT2D eigenvalue weighted by molar-refractivity contribution is 9.10. The highest BCUT2D eigenvalue weighted by Gasteiger charge is 2.13. The second-order valence-electron chi connectivity index (χ2n) is 2.91. The van der Waals surface area contributed by atoms with E-state index in [0.717, 1.165) is 27.0 Å². The number of hydrogen-bond donors (Lipinski definition) is 2. The van der Waals surface area contributed by atoms with Crippen molar-refractivity contribution in [3.8, 4) is 10.6 Å². The number of nitrogens with zero attached hydrogens (tertiary/aromatic N) is 1. The Hall–Kier alpha value is -0.810. The highest BCUT2D eigenvalue weighted by Crippen LogP contribution is 2.35. The molecule has 0 atom stereocenters. The van der Waals surface area contributed by atoms with Crippen LogP contribution in [0.4, 0.5) is 5.82 Å². The summed E-state index contributed by atoms with van der Waals surface area (Å²) in [4.78, 5) is 1.16. The second-order valence-corrected chi connectivity index (χ2v) is 4.68. The van der Waals surface area contributed by atoms with Crippen molar-refractivity contribution in [1.29, 1.82) is 0 Å². The zero-order valence-electron chi connectivity index (χ0n) is 7.67. The molecule has 2 rings (SSSR count). The molecule has 2 heterocycles. The number of aromatic nitrogens is 2. The van der Waals surface area contributed by atoms with Gasteiger partial charge in [0, 0.05) is 10.0 Å². The molecule has 0 aromatic carbocycles. The summed E-state index contributed by atoms with van der Waals surface area (Å²) in [6, 6.07) is 2.02. The van der Waals surface area contributed by atoms with Crippen molar-refractivity contribution in [2.45, 2.75) is 13.3 Å². The molecule has 3 N–H and O–H groups in total. The first-order valence-electron chi connectivity index (χ1n) is 4.30. The molecule has 0 fully saturated rings. The van der Waals surface area contributed by atoms with Crippen molar-refractivity contribution in [1.82, 2.24) is 10.2 Å². The summed E-state index contributed by atoms with van der Waals surface area (Å²) in [5, 5.41) is 9.03. The van der Waals surface area contributed by atoms with Crippen LogP contribution in [0.1, 0.15) is 12.5 Å². The highest BCUT2D eigenvalue weighted by atomic mass is 79.9. The Morgan fingerprint density at radius 1 is 1.64 bits per heavy atom. The van der Waals surface area contributed by atoms with E-state index < -0.39 is 0 Å². The van der Waals surface area contributed by atoms with Gasteiger partial charge in [0.1, 0.15) is 5.82 Å². The predicted molar refractivity (Wildman–Crippen MR) is 63.4 cm³/mol. The molecule has 2 aromatic rings. The Labute approximate surface area is 94.5 Å². The number of nitrogen functional groups attached to an aromatic ring is 1. The number of halogens is 1. The molecule has 0 unspecified atom stereocenters. The van der Waals surface area contributed by atoms with Crippen LogP contribution in [0.15, 0.2) is 15.9 Å². The lowest BCUT2D eigenvalue weighted by Crippen LogP contribution is -1.90. The molecular formula is C9H10BrN3S. The molecule has 0 saturated heterocycles. The van der Waals surface area contributed by atoms with Crippen LogP contribution in [0.25, 0.3) is 10.6 Å². The largest absolute Gasteiger partial charge is 0.382 e. The number of rotatable bonds is 2. The fraction of sp³-hybridized carbons (Fsp3) is 0.222. The van der Waals surface area contributed by atoms with Crippen molar-refractivity contribution < 1.29 is 0 Å². The number of nitrogens with two attached hydrogens (primary N) is 1. The second kappa shape index (κ2) is 3.74. The van der Waals surface area contributed by atoms with Crippen LogP contribution >= 0.6 is 27.3 Å². The molecule has 0 bridgehead atoms. The van der Waals surface area contributed by atoms with Crippen LogP contribution in [0.3, 0.4) is 0 Å². The van der Waals surface area contributed by atoms with Gasteiger partial charge in [0.25, 0.3) is 0 Å². The first kappa shape index (κ1) is 9.73. The zero-order chi connectivity index (χ0) is 10.1. The molecule has 2 aromatic heterocycles. The SMILES string of the molecule is CCc1c(N)n[nH]c1-c1sccc1Br. The Bertz CT molecular complexity index is 447. The van der Waals surface area contributed by atoms with Gasteiger partial charge in [-0.25, -0.2) is 0 Å². The zero-order valence-corrected chi connectivity index (χ0v) is 10.1. The molecule has 14 heavy (non-hydrogen) atoms. The quantitative estimate of drug-likeness (QED) is 0.882. The van der Waals surface area contributed by atoms with E-state index in [1.807, 2.05) is 11.4 Å². The topological polar surface area (TPSA) is 54.7 Å². The van der Waals surface area contributed by atoms with Gasteiger partial charge in [0.05, 0.1) is 10.6 Å². The molecule has 74 valence electrons. The van der Waals surface area contributed by atoms with Crippen molar-refractivity contribution in [2.24, 2.45) is 0 Å². The first-order valence-corrected chi connectivity index (χ1v) is 5.97. The summed E-state index contributed by atoms with van der Waals surface area (Å²) in [7, 11) is 0. The number of aromatic amines is 1. The summed E-state index contributed by atoms with van der Waals surface area (Å²) in [5.74, 6) is 0.600. The Morgan fingerprint density at radius 2 is 2.43 bits per heavy atom. The van der Waals surface area contributed by atoms with E-state index in [0.29, 0.717) is 5.82 Å². The fourth-order valence-corrected chi connectivity index (χ4v) is 2.99. The van der Waals surface area contributed by atoms with E-state index >= 15 is 0 Å². The van der Waals surface area contributed by atoms with E-state index in [9.17, 15) is 0 Å². The van der Waals surface area contributed by atoms with E-state index in [2.05, 4.69) is 33.1 Å². The van der Waals surface area contributed by atoms with Crippen LogP contribution in [-0.2, 0) is 6.42 Å². The molecule has 0 amide bonds. The third-order valence-corrected chi connectivity index (χ3v) is 3.95. The van der Waals surface area contributed by atoms with Crippen LogP contribution < -0.4 is 5.73 Å². The van der Waals surface area contributed by atoms with Crippen molar-refractivity contribution in [3.63, 3.8) is 0 Å². The maximum atomic E-state index is 5.76. The van der Waals surface area contributed by atoms with Crippen molar-refractivity contribution in [3.05, 3.63) is 21.5 Å². The van der Waals surface area contributed by atoms with Gasteiger partial charge in [0.2, 0.25) is 0 Å². The van der Waals surface area contributed by atoms with Gasteiger partial charge in [0.15, 0.2) is 0 Å². The van der Waals surface area contributed by atoms with Gasteiger partial charge in [-0.1, -0.05) is 6.92 Å². The normalized spacial score (nSPS) is 10.7. The minimum atomic E-state index is 0.600. The minimum Gasteiger partial charge on any atom is -0.382 e. The maximum Gasteiger partial charge on any atom is 0.149 e. The van der Waals surface area contributed by atoms with E-state index in [1.54, 1.807) is 11.3 Å². The van der Waals surface area contributed by atoms with Gasteiger partial charge < -0.3 is 5.73 Å². The number of anilines is 1. The van der Waals surface area contributed by atoms with Crippen LogP contribution in [0.5, 0.6) is 0 Å². The lowest BCUT2D eigenvalue weighted by Gasteiger charge is -1.98. The number of hydrogen-bond acceptors (Lipinski definition) is 3. The first-order chi connectivity index (χ1) is 6.74. The Balaban J connectivity index is 2.57. The molecule has 0 spiro atoms. The molecule has 0 aliphatic heterocycles. The van der Waals surface area contributed by atoms with Crippen LogP contribution in [0, 0.1) is 0 Å². The molecule has 0 radical (unpaired) electrons. The third-order valence-electron chi connectivity index (χ3n) is 2.10. The van der Waals surface area contributed by atoms with E-state index in [-0.39, 0.29) is 0 Å². The molecular weight excluding hydrogens is 262 g/mol.